The van der Waals surface area contributed by atoms with Gasteiger partial charge in [0.05, 0.1) is 5.69 Å². The van der Waals surface area contributed by atoms with Crippen LogP contribution < -0.4 is 0 Å². The van der Waals surface area contributed by atoms with Crippen molar-refractivity contribution in [1.29, 1.82) is 0 Å². The summed E-state index contributed by atoms with van der Waals surface area (Å²) in [6.45, 7) is 15.5. The molecule has 0 saturated heterocycles. The van der Waals surface area contributed by atoms with Crippen molar-refractivity contribution >= 4 is 21.6 Å². The zero-order valence-electron chi connectivity index (χ0n) is 18.5. The molecule has 0 unspecified atom stereocenters. The van der Waals surface area contributed by atoms with Gasteiger partial charge in [0.2, 0.25) is 0 Å². The van der Waals surface area contributed by atoms with Crippen molar-refractivity contribution in [2.24, 2.45) is 0 Å². The molecule has 0 bridgehead atoms. The number of benzene rings is 2. The molecule has 0 radical (unpaired) electrons. The summed E-state index contributed by atoms with van der Waals surface area (Å²) in [5.74, 6) is 0. The van der Waals surface area contributed by atoms with Gasteiger partial charge < -0.3 is 0 Å². The summed E-state index contributed by atoms with van der Waals surface area (Å²) in [7, 11) is 0. The number of hydrogen-bond acceptors (Lipinski definition) is 2. The van der Waals surface area contributed by atoms with E-state index in [1.807, 2.05) is 0 Å². The van der Waals surface area contributed by atoms with Gasteiger partial charge in [-0.3, -0.25) is 0 Å². The number of hydrogen-bond donors (Lipinski definition) is 0. The van der Waals surface area contributed by atoms with Crippen molar-refractivity contribution in [2.45, 2.75) is 53.9 Å². The molecule has 2 heteroatoms. The molecular weight excluding hydrogens is 370 g/mol. The lowest BCUT2D eigenvalue weighted by atomic mass is 9.85. The fourth-order valence-corrected chi connectivity index (χ4v) is 5.34. The van der Waals surface area contributed by atoms with Crippen LogP contribution in [0.15, 0.2) is 48.5 Å². The summed E-state index contributed by atoms with van der Waals surface area (Å²) < 4.78 is 0. The average Bonchev–Trinajstić information content (AvgIpc) is 3.02. The van der Waals surface area contributed by atoms with E-state index >= 15 is 0 Å². The maximum atomic E-state index is 5.05. The quantitative estimate of drug-likeness (QED) is 0.331. The molecule has 4 rings (SSSR count). The van der Waals surface area contributed by atoms with Crippen LogP contribution in [0.5, 0.6) is 0 Å². The summed E-state index contributed by atoms with van der Waals surface area (Å²) in [6.07, 6.45) is 0. The van der Waals surface area contributed by atoms with E-state index in [9.17, 15) is 0 Å². The Morgan fingerprint density at radius 2 is 1.41 bits per heavy atom. The number of aromatic nitrogens is 1. The maximum absolute atomic E-state index is 5.05. The number of rotatable bonds is 2. The van der Waals surface area contributed by atoms with Crippen LogP contribution in [-0.4, -0.2) is 4.98 Å². The molecule has 2 aromatic heterocycles. The smallest absolute Gasteiger partial charge is 0.124 e. The molecule has 0 aliphatic carbocycles. The number of pyridine rings is 1. The Hall–Kier alpha value is -2.45. The standard InChI is InChI=1S/C27H29NS/c1-16-10-18(3)25(19(4)11-16)24-15-20-8-9-23(28-26(20)29-24)21-12-17(2)13-22(14-21)27(5,6)7/h8-15H,1-7H3. The average molecular weight is 400 g/mol. The first kappa shape index (κ1) is 19.8. The highest BCUT2D eigenvalue weighted by Crippen LogP contribution is 2.38. The van der Waals surface area contributed by atoms with E-state index in [1.165, 1.54) is 49.2 Å². The zero-order valence-corrected chi connectivity index (χ0v) is 19.3. The third kappa shape index (κ3) is 3.86. The first-order valence-electron chi connectivity index (χ1n) is 10.2. The van der Waals surface area contributed by atoms with Crippen molar-refractivity contribution in [3.63, 3.8) is 0 Å². The highest BCUT2D eigenvalue weighted by molar-refractivity contribution is 7.21. The minimum Gasteiger partial charge on any atom is -0.237 e. The van der Waals surface area contributed by atoms with Gasteiger partial charge >= 0.3 is 0 Å². The van der Waals surface area contributed by atoms with E-state index in [4.69, 9.17) is 4.98 Å². The van der Waals surface area contributed by atoms with E-state index in [0.29, 0.717) is 0 Å². The molecule has 0 spiro atoms. The van der Waals surface area contributed by atoms with E-state index in [1.54, 1.807) is 11.3 Å². The summed E-state index contributed by atoms with van der Waals surface area (Å²) in [6, 6.07) is 18.0. The van der Waals surface area contributed by atoms with Crippen molar-refractivity contribution in [3.8, 4) is 21.7 Å². The lowest BCUT2D eigenvalue weighted by Gasteiger charge is -2.20. The Morgan fingerprint density at radius 1 is 0.759 bits per heavy atom. The second kappa shape index (κ2) is 7.11. The number of thiophene rings is 1. The van der Waals surface area contributed by atoms with Gasteiger partial charge in [0, 0.05) is 15.8 Å². The topological polar surface area (TPSA) is 12.9 Å². The molecule has 0 amide bonds. The molecular formula is C27H29NS. The summed E-state index contributed by atoms with van der Waals surface area (Å²) in [5.41, 5.74) is 10.4. The molecule has 0 N–H and O–H groups in total. The van der Waals surface area contributed by atoms with Crippen LogP contribution >= 0.6 is 11.3 Å². The summed E-state index contributed by atoms with van der Waals surface area (Å²) in [4.78, 5) is 7.46. The van der Waals surface area contributed by atoms with Crippen LogP contribution in [0.25, 0.3) is 31.9 Å². The van der Waals surface area contributed by atoms with E-state index in [0.717, 1.165) is 10.5 Å². The third-order valence-electron chi connectivity index (χ3n) is 5.55. The molecule has 2 heterocycles. The van der Waals surface area contributed by atoms with E-state index < -0.39 is 0 Å². The Labute approximate surface area is 178 Å². The van der Waals surface area contributed by atoms with Crippen molar-refractivity contribution < 1.29 is 0 Å². The molecule has 0 atom stereocenters. The van der Waals surface area contributed by atoms with Crippen LogP contribution in [0, 0.1) is 27.7 Å². The van der Waals surface area contributed by atoms with Gasteiger partial charge in [0.1, 0.15) is 4.83 Å². The monoisotopic (exact) mass is 399 g/mol. The lowest BCUT2D eigenvalue weighted by Crippen LogP contribution is -2.11. The minimum atomic E-state index is 0.126. The Balaban J connectivity index is 1.82. The first-order valence-corrected chi connectivity index (χ1v) is 11.0. The second-order valence-corrected chi connectivity index (χ2v) is 10.3. The van der Waals surface area contributed by atoms with Crippen molar-refractivity contribution in [1.82, 2.24) is 4.98 Å². The summed E-state index contributed by atoms with van der Waals surface area (Å²) >= 11 is 1.80. The molecule has 0 saturated carbocycles. The van der Waals surface area contributed by atoms with Crippen LogP contribution in [0.2, 0.25) is 0 Å². The molecule has 0 aliphatic rings. The highest BCUT2D eigenvalue weighted by Gasteiger charge is 2.16. The zero-order chi connectivity index (χ0) is 20.9. The number of nitrogens with zero attached hydrogens (tertiary/aromatic N) is 1. The molecule has 148 valence electrons. The Kier molecular flexibility index (Phi) is 4.86. The molecule has 0 aliphatic heterocycles. The predicted octanol–water partition coefficient (Wildman–Crippen LogP) is 8.16. The van der Waals surface area contributed by atoms with Gasteiger partial charge in [0.25, 0.3) is 0 Å². The van der Waals surface area contributed by atoms with Gasteiger partial charge in [-0.15, -0.1) is 11.3 Å². The van der Waals surface area contributed by atoms with Crippen LogP contribution in [0.1, 0.15) is 48.6 Å². The Bertz CT molecular complexity index is 1200. The minimum absolute atomic E-state index is 0.126. The van der Waals surface area contributed by atoms with Gasteiger partial charge in [-0.25, -0.2) is 4.98 Å². The largest absolute Gasteiger partial charge is 0.237 e. The normalized spacial score (nSPS) is 12.0. The number of fused-ring (bicyclic) bond motifs is 1. The fourth-order valence-electron chi connectivity index (χ4n) is 4.13. The van der Waals surface area contributed by atoms with E-state index in [2.05, 4.69) is 97.0 Å². The molecule has 4 aromatic rings. The molecule has 0 fully saturated rings. The molecule has 2 aromatic carbocycles. The van der Waals surface area contributed by atoms with Crippen molar-refractivity contribution in [2.75, 3.05) is 0 Å². The van der Waals surface area contributed by atoms with Gasteiger partial charge in [-0.1, -0.05) is 50.1 Å². The number of aryl methyl sites for hydroxylation is 4. The maximum Gasteiger partial charge on any atom is 0.124 e. The summed E-state index contributed by atoms with van der Waals surface area (Å²) in [5, 5.41) is 1.22. The van der Waals surface area contributed by atoms with Crippen LogP contribution in [0.4, 0.5) is 0 Å². The fraction of sp³-hybridized carbons (Fsp3) is 0.296. The molecule has 29 heavy (non-hydrogen) atoms. The van der Waals surface area contributed by atoms with Gasteiger partial charge in [-0.2, -0.15) is 0 Å². The SMILES string of the molecule is Cc1cc(-c2ccc3cc(-c4c(C)cc(C)cc4C)sc3n2)cc(C(C)(C)C)c1. The Morgan fingerprint density at radius 3 is 2.07 bits per heavy atom. The highest BCUT2D eigenvalue weighted by atomic mass is 32.1. The third-order valence-corrected chi connectivity index (χ3v) is 6.61. The van der Waals surface area contributed by atoms with E-state index in [-0.39, 0.29) is 5.41 Å². The lowest BCUT2D eigenvalue weighted by molar-refractivity contribution is 0.590. The molecule has 1 nitrogen and oxygen atoms in total. The van der Waals surface area contributed by atoms with Crippen LogP contribution in [0.3, 0.4) is 0 Å². The van der Waals surface area contributed by atoms with Gasteiger partial charge in [0.15, 0.2) is 0 Å². The predicted molar refractivity (Wildman–Crippen MR) is 128 cm³/mol. The first-order chi connectivity index (χ1) is 13.6. The van der Waals surface area contributed by atoms with Crippen LogP contribution in [-0.2, 0) is 5.41 Å². The van der Waals surface area contributed by atoms with Gasteiger partial charge in [-0.05, 0) is 85.7 Å². The second-order valence-electron chi connectivity index (χ2n) is 9.31. The van der Waals surface area contributed by atoms with Crippen molar-refractivity contribution in [3.05, 3.63) is 76.3 Å².